The van der Waals surface area contributed by atoms with Gasteiger partial charge >= 0.3 is 0 Å². The quantitative estimate of drug-likeness (QED) is 0.244. The molecule has 0 fully saturated rings. The number of hydrogen-bond donors (Lipinski definition) is 1. The molecule has 45 heavy (non-hydrogen) atoms. The van der Waals surface area contributed by atoms with Crippen molar-refractivity contribution >= 4 is 41.1 Å². The molecule has 4 aromatic rings. The maximum Gasteiger partial charge on any atom is 0.258 e. The summed E-state index contributed by atoms with van der Waals surface area (Å²) in [6.45, 7) is 2.97. The molecule has 0 spiro atoms. The Bertz CT molecular complexity index is 1700. The van der Waals surface area contributed by atoms with Gasteiger partial charge < -0.3 is 19.9 Å². The number of nitrogens with zero attached hydrogens (tertiary/aromatic N) is 3. The van der Waals surface area contributed by atoms with Crippen LogP contribution in [0.5, 0.6) is 0 Å². The maximum atomic E-state index is 13.8. The molecule has 1 heterocycles. The second kappa shape index (κ2) is 14.1. The molecule has 230 valence electrons. The highest BCUT2D eigenvalue weighted by atomic mass is 16.5. The first kappa shape index (κ1) is 31.3. The predicted molar refractivity (Wildman–Crippen MR) is 176 cm³/mol. The van der Waals surface area contributed by atoms with Crippen molar-refractivity contribution in [3.05, 3.63) is 114 Å². The van der Waals surface area contributed by atoms with E-state index in [1.165, 1.54) is 4.90 Å². The van der Waals surface area contributed by atoms with E-state index in [0.717, 1.165) is 16.7 Å². The van der Waals surface area contributed by atoms with Crippen molar-refractivity contribution < 1.29 is 23.9 Å². The molecule has 9 heteroatoms. The molecule has 0 saturated heterocycles. The second-order valence-corrected chi connectivity index (χ2v) is 11.1. The van der Waals surface area contributed by atoms with Crippen LogP contribution in [-0.2, 0) is 14.3 Å². The van der Waals surface area contributed by atoms with Crippen LogP contribution in [0.4, 0.5) is 17.1 Å². The van der Waals surface area contributed by atoms with E-state index >= 15 is 0 Å². The van der Waals surface area contributed by atoms with E-state index in [0.29, 0.717) is 41.0 Å². The lowest BCUT2D eigenvalue weighted by atomic mass is 9.95. The van der Waals surface area contributed by atoms with E-state index in [1.54, 1.807) is 59.5 Å². The summed E-state index contributed by atoms with van der Waals surface area (Å²) in [5.41, 5.74) is 5.28. The molecule has 0 aromatic heterocycles. The van der Waals surface area contributed by atoms with Crippen LogP contribution < -0.4 is 15.1 Å². The number of ether oxygens (including phenoxy) is 1. The Morgan fingerprint density at radius 2 is 1.53 bits per heavy atom. The zero-order valence-corrected chi connectivity index (χ0v) is 25.6. The van der Waals surface area contributed by atoms with Gasteiger partial charge in [0.1, 0.15) is 0 Å². The number of likely N-dealkylation sites (N-methyl/N-ethyl adjacent to an activating group) is 1. The lowest BCUT2D eigenvalue weighted by Gasteiger charge is -2.29. The normalized spacial score (nSPS) is 13.6. The molecule has 1 N–H and O–H groups in total. The number of aldehydes is 1. The minimum atomic E-state index is -1.12. The number of carbonyl (C=O) groups is 4. The first-order valence-corrected chi connectivity index (χ1v) is 14.8. The monoisotopic (exact) mass is 604 g/mol. The van der Waals surface area contributed by atoms with Gasteiger partial charge in [0.05, 0.1) is 18.0 Å². The van der Waals surface area contributed by atoms with Crippen molar-refractivity contribution in [3.8, 4) is 11.1 Å². The number of aryl methyl sites for hydroxylation is 1. The molecule has 5 rings (SSSR count). The van der Waals surface area contributed by atoms with E-state index in [2.05, 4.69) is 5.32 Å². The number of rotatable bonds is 10. The van der Waals surface area contributed by atoms with Gasteiger partial charge in [-0.15, -0.1) is 0 Å². The molecule has 1 aliphatic rings. The van der Waals surface area contributed by atoms with Gasteiger partial charge in [-0.05, 0) is 80.2 Å². The van der Waals surface area contributed by atoms with Crippen LogP contribution in [0.2, 0.25) is 0 Å². The standard InChI is InChI=1S/C36H36N4O5/c1-25-10-4-5-11-28(25)29-12-6-7-13-30(29)35(43)37-27-18-16-26(17-19-27)36(44)39-21-20-33(42)40(32-15-9-8-14-31(32)39)34(24-41)45-23-22-38(2)3/h4-19,24,34H,20-23H2,1-3H3,(H,37,43). The molecule has 1 atom stereocenters. The number of nitrogens with one attached hydrogen (secondary N) is 1. The highest BCUT2D eigenvalue weighted by Gasteiger charge is 2.34. The summed E-state index contributed by atoms with van der Waals surface area (Å²) in [6.07, 6.45) is -0.503. The summed E-state index contributed by atoms with van der Waals surface area (Å²) >= 11 is 0. The summed E-state index contributed by atoms with van der Waals surface area (Å²) < 4.78 is 5.78. The Morgan fingerprint density at radius 1 is 0.889 bits per heavy atom. The highest BCUT2D eigenvalue weighted by molar-refractivity contribution is 6.12. The molecule has 0 radical (unpaired) electrons. The second-order valence-electron chi connectivity index (χ2n) is 11.1. The van der Waals surface area contributed by atoms with Crippen molar-refractivity contribution in [2.45, 2.75) is 19.6 Å². The lowest BCUT2D eigenvalue weighted by Crippen LogP contribution is -2.43. The van der Waals surface area contributed by atoms with Gasteiger partial charge in [0.15, 0.2) is 12.5 Å². The van der Waals surface area contributed by atoms with E-state index in [4.69, 9.17) is 4.74 Å². The van der Waals surface area contributed by atoms with Gasteiger partial charge in [0.25, 0.3) is 11.8 Å². The fourth-order valence-electron chi connectivity index (χ4n) is 5.34. The van der Waals surface area contributed by atoms with E-state index in [9.17, 15) is 19.2 Å². The first-order valence-electron chi connectivity index (χ1n) is 14.8. The van der Waals surface area contributed by atoms with Crippen LogP contribution >= 0.6 is 0 Å². The number of carbonyl (C=O) groups excluding carboxylic acids is 4. The van der Waals surface area contributed by atoms with Crippen molar-refractivity contribution in [1.82, 2.24) is 4.90 Å². The minimum Gasteiger partial charge on any atom is -0.349 e. The zero-order valence-electron chi connectivity index (χ0n) is 25.6. The first-order chi connectivity index (χ1) is 21.8. The van der Waals surface area contributed by atoms with Gasteiger partial charge in [-0.3, -0.25) is 24.1 Å². The number of hydrogen-bond acceptors (Lipinski definition) is 6. The molecular weight excluding hydrogens is 568 g/mol. The van der Waals surface area contributed by atoms with Crippen LogP contribution in [-0.4, -0.2) is 68.9 Å². The van der Waals surface area contributed by atoms with Crippen LogP contribution in [0.3, 0.4) is 0 Å². The number of fused-ring (bicyclic) bond motifs is 1. The van der Waals surface area contributed by atoms with Crippen molar-refractivity contribution in [3.63, 3.8) is 0 Å². The number of benzene rings is 4. The van der Waals surface area contributed by atoms with E-state index < -0.39 is 6.23 Å². The van der Waals surface area contributed by atoms with Crippen molar-refractivity contribution in [2.75, 3.05) is 48.9 Å². The summed E-state index contributed by atoms with van der Waals surface area (Å²) in [7, 11) is 3.78. The summed E-state index contributed by atoms with van der Waals surface area (Å²) in [4.78, 5) is 57.3. The largest absolute Gasteiger partial charge is 0.349 e. The summed E-state index contributed by atoms with van der Waals surface area (Å²) in [5.74, 6) is -0.884. The number of anilines is 3. The molecule has 1 unspecified atom stereocenters. The molecular formula is C36H36N4O5. The average molecular weight is 605 g/mol. The van der Waals surface area contributed by atoms with Crippen LogP contribution in [0, 0.1) is 6.92 Å². The van der Waals surface area contributed by atoms with Gasteiger partial charge in [-0.1, -0.05) is 54.6 Å². The Hall–Kier alpha value is -5.12. The van der Waals surface area contributed by atoms with Crippen molar-refractivity contribution in [2.24, 2.45) is 0 Å². The summed E-state index contributed by atoms with van der Waals surface area (Å²) in [5, 5.41) is 2.95. The van der Waals surface area contributed by atoms with Crippen LogP contribution in [0.15, 0.2) is 97.1 Å². The Balaban J connectivity index is 1.35. The predicted octanol–water partition coefficient (Wildman–Crippen LogP) is 5.40. The summed E-state index contributed by atoms with van der Waals surface area (Å²) in [6, 6.07) is 29.0. The van der Waals surface area contributed by atoms with Gasteiger partial charge in [-0.2, -0.15) is 0 Å². The number of amides is 3. The van der Waals surface area contributed by atoms with Gasteiger partial charge in [0.2, 0.25) is 5.91 Å². The Kier molecular flexibility index (Phi) is 9.82. The minimum absolute atomic E-state index is 0.0102. The molecule has 1 aliphatic heterocycles. The van der Waals surface area contributed by atoms with Gasteiger partial charge in [0, 0.05) is 36.3 Å². The third kappa shape index (κ3) is 7.01. The molecule has 0 aliphatic carbocycles. The molecule has 3 amide bonds. The van der Waals surface area contributed by atoms with Crippen molar-refractivity contribution in [1.29, 1.82) is 0 Å². The highest BCUT2D eigenvalue weighted by Crippen LogP contribution is 2.35. The van der Waals surface area contributed by atoms with Crippen LogP contribution in [0.1, 0.15) is 32.7 Å². The molecule has 4 aromatic carbocycles. The Labute approximate surface area is 263 Å². The number of para-hydroxylation sites is 2. The lowest BCUT2D eigenvalue weighted by molar-refractivity contribution is -0.127. The maximum absolute atomic E-state index is 13.8. The van der Waals surface area contributed by atoms with E-state index in [-0.39, 0.29) is 37.3 Å². The molecule has 9 nitrogen and oxygen atoms in total. The third-order valence-electron chi connectivity index (χ3n) is 7.69. The average Bonchev–Trinajstić information content (AvgIpc) is 3.19. The third-order valence-corrected chi connectivity index (χ3v) is 7.69. The fourth-order valence-corrected chi connectivity index (χ4v) is 5.34. The van der Waals surface area contributed by atoms with E-state index in [1.807, 2.05) is 68.4 Å². The Morgan fingerprint density at radius 3 is 2.22 bits per heavy atom. The SMILES string of the molecule is Cc1ccccc1-c1ccccc1C(=O)Nc1ccc(C(=O)N2CCC(=O)N(C(C=O)OCCN(C)C)c3ccccc32)cc1. The molecule has 0 bridgehead atoms. The fraction of sp³-hybridized carbons (Fsp3) is 0.222. The molecule has 0 saturated carbocycles. The van der Waals surface area contributed by atoms with Gasteiger partial charge in [-0.25, -0.2) is 0 Å². The van der Waals surface area contributed by atoms with Crippen LogP contribution in [0.25, 0.3) is 11.1 Å². The topological polar surface area (TPSA) is 99.3 Å². The zero-order chi connectivity index (χ0) is 31.9. The smallest absolute Gasteiger partial charge is 0.258 e.